The van der Waals surface area contributed by atoms with E-state index in [1.54, 1.807) is 0 Å². The van der Waals surface area contributed by atoms with Gasteiger partial charge >= 0.3 is 0 Å². The van der Waals surface area contributed by atoms with Crippen molar-refractivity contribution >= 4 is 5.91 Å². The number of amides is 1. The average molecular weight is 199 g/mol. The van der Waals surface area contributed by atoms with Crippen molar-refractivity contribution in [3.63, 3.8) is 0 Å². The maximum Gasteiger partial charge on any atom is 0.248 e. The van der Waals surface area contributed by atoms with Crippen LogP contribution in [0.2, 0.25) is 0 Å². The predicted molar refractivity (Wildman–Crippen MR) is 50.9 cm³/mol. The van der Waals surface area contributed by atoms with Crippen LogP contribution in [0.3, 0.4) is 0 Å². The summed E-state index contributed by atoms with van der Waals surface area (Å²) in [6.45, 7) is 6.51. The molecule has 1 amide bonds. The van der Waals surface area contributed by atoms with E-state index in [9.17, 15) is 4.79 Å². The predicted octanol–water partition coefficient (Wildman–Crippen LogP) is 0.269. The van der Waals surface area contributed by atoms with Crippen LogP contribution in [0.1, 0.15) is 13.8 Å². The number of hydrogen-bond donors (Lipinski definition) is 0. The molecule has 0 unspecified atom stereocenters. The number of nitrogens with zero attached hydrogens (tertiary/aromatic N) is 1. The van der Waals surface area contributed by atoms with Crippen molar-refractivity contribution in [2.45, 2.75) is 26.1 Å². The van der Waals surface area contributed by atoms with Gasteiger partial charge in [0, 0.05) is 13.1 Å². The molecule has 4 heteroatoms. The molecule has 0 aromatic carbocycles. The summed E-state index contributed by atoms with van der Waals surface area (Å²) in [5.41, 5.74) is 0. The second-order valence-electron chi connectivity index (χ2n) is 4.27. The molecular weight excluding hydrogens is 182 g/mol. The highest BCUT2D eigenvalue weighted by atomic mass is 16.5. The number of morpholine rings is 1. The Morgan fingerprint density at radius 2 is 2.21 bits per heavy atom. The second kappa shape index (κ2) is 3.87. The number of fused-ring (bicyclic) bond motifs is 2. The summed E-state index contributed by atoms with van der Waals surface area (Å²) in [5.74, 6) is 0.530. The van der Waals surface area contributed by atoms with Gasteiger partial charge in [0.1, 0.15) is 12.7 Å². The van der Waals surface area contributed by atoms with Crippen molar-refractivity contribution in [2.75, 3.05) is 26.3 Å². The van der Waals surface area contributed by atoms with Crippen LogP contribution < -0.4 is 0 Å². The Bertz CT molecular complexity index is 229. The summed E-state index contributed by atoms with van der Waals surface area (Å²) in [7, 11) is 0. The zero-order valence-electron chi connectivity index (χ0n) is 8.73. The maximum atomic E-state index is 11.4. The van der Waals surface area contributed by atoms with E-state index in [1.807, 2.05) is 4.90 Å². The molecule has 14 heavy (non-hydrogen) atoms. The molecule has 0 N–H and O–H groups in total. The zero-order chi connectivity index (χ0) is 10.1. The molecule has 0 saturated carbocycles. The lowest BCUT2D eigenvalue weighted by molar-refractivity contribution is -0.153. The molecule has 0 spiro atoms. The highest BCUT2D eigenvalue weighted by Gasteiger charge is 2.36. The summed E-state index contributed by atoms with van der Waals surface area (Å²) in [6.07, 6.45) is 0.197. The van der Waals surface area contributed by atoms with Gasteiger partial charge in [0.25, 0.3) is 0 Å². The molecule has 2 aliphatic heterocycles. The van der Waals surface area contributed by atoms with Gasteiger partial charge in [-0.1, -0.05) is 13.8 Å². The maximum absolute atomic E-state index is 11.4. The van der Waals surface area contributed by atoms with Gasteiger partial charge in [0.05, 0.1) is 12.7 Å². The van der Waals surface area contributed by atoms with Gasteiger partial charge in [-0.25, -0.2) is 0 Å². The Kier molecular flexibility index (Phi) is 2.74. The monoisotopic (exact) mass is 199 g/mol. The molecule has 2 saturated heterocycles. The average Bonchev–Trinajstić information content (AvgIpc) is 2.32. The van der Waals surface area contributed by atoms with Crippen molar-refractivity contribution < 1.29 is 14.3 Å². The molecule has 0 aliphatic carbocycles. The van der Waals surface area contributed by atoms with E-state index in [0.717, 1.165) is 0 Å². The largest absolute Gasteiger partial charge is 0.373 e. The summed E-state index contributed by atoms with van der Waals surface area (Å²) in [5, 5.41) is 0. The minimum absolute atomic E-state index is 0.0650. The van der Waals surface area contributed by atoms with E-state index >= 15 is 0 Å². The Morgan fingerprint density at radius 3 is 2.93 bits per heavy atom. The first kappa shape index (κ1) is 9.93. The standard InChI is InChI=1S/C10H17NO3/c1-7(2)10-8-5-11(3-4-13-10)9(12)6-14-8/h7-8,10H,3-6H2,1-2H3/t8-,10+/m1/s1. The fourth-order valence-electron chi connectivity index (χ4n) is 2.08. The van der Waals surface area contributed by atoms with E-state index in [2.05, 4.69) is 13.8 Å². The lowest BCUT2D eigenvalue weighted by Crippen LogP contribution is -2.50. The molecular formula is C10H17NO3. The van der Waals surface area contributed by atoms with Gasteiger partial charge in [-0.2, -0.15) is 0 Å². The first-order chi connectivity index (χ1) is 6.68. The van der Waals surface area contributed by atoms with Crippen LogP contribution in [-0.2, 0) is 14.3 Å². The summed E-state index contributed by atoms with van der Waals surface area (Å²) >= 11 is 0. The fourth-order valence-corrected chi connectivity index (χ4v) is 2.08. The topological polar surface area (TPSA) is 38.8 Å². The Hall–Kier alpha value is -0.610. The molecule has 80 valence electrons. The van der Waals surface area contributed by atoms with Crippen LogP contribution in [0.25, 0.3) is 0 Å². The van der Waals surface area contributed by atoms with E-state index < -0.39 is 0 Å². The first-order valence-electron chi connectivity index (χ1n) is 5.19. The number of ether oxygens (including phenoxy) is 2. The van der Waals surface area contributed by atoms with Crippen molar-refractivity contribution in [1.29, 1.82) is 0 Å². The molecule has 2 rings (SSSR count). The molecule has 2 bridgehead atoms. The number of carbonyl (C=O) groups excluding carboxylic acids is 1. The summed E-state index contributed by atoms with van der Waals surface area (Å²) in [6, 6.07) is 0. The summed E-state index contributed by atoms with van der Waals surface area (Å²) in [4.78, 5) is 13.2. The minimum atomic E-state index is 0.0650. The quantitative estimate of drug-likeness (QED) is 0.608. The molecule has 2 fully saturated rings. The van der Waals surface area contributed by atoms with E-state index in [-0.39, 0.29) is 24.7 Å². The van der Waals surface area contributed by atoms with Crippen LogP contribution in [0.5, 0.6) is 0 Å². The van der Waals surface area contributed by atoms with Crippen LogP contribution in [0, 0.1) is 5.92 Å². The molecule has 2 heterocycles. The molecule has 4 nitrogen and oxygen atoms in total. The Labute approximate surface area is 84.2 Å². The van der Waals surface area contributed by atoms with Crippen molar-refractivity contribution in [3.05, 3.63) is 0 Å². The molecule has 0 radical (unpaired) electrons. The third kappa shape index (κ3) is 1.77. The van der Waals surface area contributed by atoms with Gasteiger partial charge in [0.15, 0.2) is 0 Å². The number of rotatable bonds is 1. The number of carbonyl (C=O) groups is 1. The Balaban J connectivity index is 2.09. The smallest absolute Gasteiger partial charge is 0.248 e. The van der Waals surface area contributed by atoms with E-state index in [4.69, 9.17) is 9.47 Å². The van der Waals surface area contributed by atoms with Crippen LogP contribution in [0.15, 0.2) is 0 Å². The molecule has 0 aromatic rings. The highest BCUT2D eigenvalue weighted by molar-refractivity contribution is 5.78. The first-order valence-corrected chi connectivity index (χ1v) is 5.19. The van der Waals surface area contributed by atoms with E-state index in [1.165, 1.54) is 0 Å². The van der Waals surface area contributed by atoms with Gasteiger partial charge in [0.2, 0.25) is 5.91 Å². The zero-order valence-corrected chi connectivity index (χ0v) is 8.73. The highest BCUT2D eigenvalue weighted by Crippen LogP contribution is 2.21. The van der Waals surface area contributed by atoms with Gasteiger partial charge in [-0.15, -0.1) is 0 Å². The lowest BCUT2D eigenvalue weighted by atomic mass is 10.0. The minimum Gasteiger partial charge on any atom is -0.373 e. The fraction of sp³-hybridized carbons (Fsp3) is 0.900. The van der Waals surface area contributed by atoms with Crippen molar-refractivity contribution in [3.8, 4) is 0 Å². The van der Waals surface area contributed by atoms with Gasteiger partial charge in [-0.05, 0) is 5.92 Å². The van der Waals surface area contributed by atoms with Crippen molar-refractivity contribution in [2.24, 2.45) is 5.92 Å². The summed E-state index contributed by atoms with van der Waals surface area (Å²) < 4.78 is 11.2. The normalized spacial score (nSPS) is 33.4. The molecule has 2 atom stereocenters. The van der Waals surface area contributed by atoms with Crippen LogP contribution in [-0.4, -0.2) is 49.3 Å². The van der Waals surface area contributed by atoms with Gasteiger partial charge in [-0.3, -0.25) is 4.79 Å². The Morgan fingerprint density at radius 1 is 1.43 bits per heavy atom. The third-order valence-electron chi connectivity index (χ3n) is 2.87. The second-order valence-corrected chi connectivity index (χ2v) is 4.27. The SMILES string of the molecule is CC(C)[C@@H]1OCCN2C[C@H]1OCC2=O. The van der Waals surface area contributed by atoms with E-state index in [0.29, 0.717) is 25.6 Å². The molecule has 2 aliphatic rings. The van der Waals surface area contributed by atoms with Crippen molar-refractivity contribution in [1.82, 2.24) is 4.90 Å². The number of hydrogen-bond acceptors (Lipinski definition) is 3. The van der Waals surface area contributed by atoms with Gasteiger partial charge < -0.3 is 14.4 Å². The van der Waals surface area contributed by atoms with Crippen LogP contribution in [0.4, 0.5) is 0 Å². The third-order valence-corrected chi connectivity index (χ3v) is 2.87. The lowest BCUT2D eigenvalue weighted by Gasteiger charge is -2.33. The molecule has 0 aromatic heterocycles. The van der Waals surface area contributed by atoms with Crippen LogP contribution >= 0.6 is 0 Å².